The van der Waals surface area contributed by atoms with E-state index in [1.807, 2.05) is 30.5 Å². The lowest BCUT2D eigenvalue weighted by Crippen LogP contribution is -1.96. The number of thiazole rings is 1. The molecule has 0 saturated carbocycles. The third-order valence-corrected chi connectivity index (χ3v) is 9.68. The van der Waals surface area contributed by atoms with Gasteiger partial charge in [0, 0.05) is 16.8 Å². The molecule has 1 heterocycles. The molecule has 1 atom stereocenters. The van der Waals surface area contributed by atoms with E-state index in [0.29, 0.717) is 0 Å². The smallest absolute Gasteiger partial charge is 0.152 e. The number of rotatable bonds is 6. The van der Waals surface area contributed by atoms with E-state index >= 15 is 0 Å². The highest BCUT2D eigenvalue weighted by Crippen LogP contribution is 2.43. The van der Waals surface area contributed by atoms with Gasteiger partial charge >= 0.3 is 0 Å². The van der Waals surface area contributed by atoms with Gasteiger partial charge in [-0.25, -0.2) is 4.98 Å². The average Bonchev–Trinajstić information content (AvgIpc) is 3.41. The zero-order valence-electron chi connectivity index (χ0n) is 21.4. The summed E-state index contributed by atoms with van der Waals surface area (Å²) in [7, 11) is 0. The SMILES string of the molecule is Clc1ccc([C@H](Sc2nc3ccc(N=Cc4c5ccccc5cc5ccccc45)cc3s2)c2ccccc2)cc1. The van der Waals surface area contributed by atoms with Crippen molar-refractivity contribution in [2.45, 2.75) is 9.59 Å². The molecule has 192 valence electrons. The van der Waals surface area contributed by atoms with Gasteiger partial charge in [0.05, 0.1) is 21.2 Å². The quantitative estimate of drug-likeness (QED) is 0.113. The number of halogens is 1. The summed E-state index contributed by atoms with van der Waals surface area (Å²) in [5.41, 5.74) is 5.49. The summed E-state index contributed by atoms with van der Waals surface area (Å²) in [6.45, 7) is 0. The molecule has 0 aliphatic carbocycles. The lowest BCUT2D eigenvalue weighted by atomic mass is 9.97. The molecular formula is C35H23ClN2S2. The zero-order valence-corrected chi connectivity index (χ0v) is 23.8. The third kappa shape index (κ3) is 5.02. The fourth-order valence-corrected chi connectivity index (χ4v) is 7.59. The monoisotopic (exact) mass is 570 g/mol. The van der Waals surface area contributed by atoms with E-state index in [2.05, 4.69) is 103 Å². The molecule has 0 fully saturated rings. The first-order chi connectivity index (χ1) is 19.7. The fraction of sp³-hybridized carbons (Fsp3) is 0.0286. The van der Waals surface area contributed by atoms with Crippen LogP contribution in [0.2, 0.25) is 5.02 Å². The number of benzene rings is 6. The highest BCUT2D eigenvalue weighted by atomic mass is 35.5. The van der Waals surface area contributed by atoms with Gasteiger partial charge in [0.1, 0.15) is 0 Å². The molecule has 5 heteroatoms. The molecule has 0 amide bonds. The van der Waals surface area contributed by atoms with E-state index in [1.54, 1.807) is 23.1 Å². The maximum absolute atomic E-state index is 6.18. The van der Waals surface area contributed by atoms with Crippen LogP contribution in [0, 0.1) is 0 Å². The largest absolute Gasteiger partial charge is 0.256 e. The molecule has 1 aromatic heterocycles. The predicted octanol–water partition coefficient (Wildman–Crippen LogP) is 10.9. The second-order valence-electron chi connectivity index (χ2n) is 9.58. The minimum Gasteiger partial charge on any atom is -0.256 e. The average molecular weight is 571 g/mol. The summed E-state index contributed by atoms with van der Waals surface area (Å²) >= 11 is 9.67. The molecule has 0 spiro atoms. The fourth-order valence-electron chi connectivity index (χ4n) is 5.04. The van der Waals surface area contributed by atoms with Gasteiger partial charge in [-0.15, -0.1) is 11.3 Å². The summed E-state index contributed by atoms with van der Waals surface area (Å²) in [5, 5.41) is 5.71. The highest BCUT2D eigenvalue weighted by molar-refractivity contribution is 8.01. The van der Waals surface area contributed by atoms with Gasteiger partial charge in [-0.05, 0) is 69.1 Å². The molecule has 0 radical (unpaired) electrons. The van der Waals surface area contributed by atoms with Crippen LogP contribution >= 0.6 is 34.7 Å². The topological polar surface area (TPSA) is 25.2 Å². The maximum atomic E-state index is 6.18. The van der Waals surface area contributed by atoms with Crippen molar-refractivity contribution in [1.29, 1.82) is 0 Å². The zero-order chi connectivity index (χ0) is 26.9. The number of hydrogen-bond donors (Lipinski definition) is 0. The standard InChI is InChI=1S/C35H23ClN2S2/c36-27-16-14-24(15-17-27)34(23-8-2-1-3-9-23)40-35-38-32-19-18-28(21-33(32)39-35)37-22-31-29-12-6-4-10-25(29)20-26-11-5-7-13-30(26)31/h1-22,34H/t34-/m1/s1. The summed E-state index contributed by atoms with van der Waals surface area (Å²) in [4.78, 5) is 9.90. The van der Waals surface area contributed by atoms with Crippen LogP contribution in [0.3, 0.4) is 0 Å². The van der Waals surface area contributed by atoms with Crippen molar-refractivity contribution in [2.24, 2.45) is 4.99 Å². The van der Waals surface area contributed by atoms with Gasteiger partial charge < -0.3 is 0 Å². The van der Waals surface area contributed by atoms with Crippen molar-refractivity contribution in [3.05, 3.63) is 149 Å². The number of nitrogens with zero attached hydrogens (tertiary/aromatic N) is 2. The number of hydrogen-bond acceptors (Lipinski definition) is 4. The Morgan fingerprint density at radius 1 is 0.700 bits per heavy atom. The van der Waals surface area contributed by atoms with Gasteiger partial charge in [-0.3, -0.25) is 4.99 Å². The Bertz CT molecular complexity index is 1940. The second kappa shape index (κ2) is 10.9. The van der Waals surface area contributed by atoms with Crippen molar-refractivity contribution in [3.8, 4) is 0 Å². The lowest BCUT2D eigenvalue weighted by molar-refractivity contribution is 1.14. The minimum absolute atomic E-state index is 0.121. The molecule has 0 saturated heterocycles. The Morgan fingerprint density at radius 3 is 2.08 bits per heavy atom. The summed E-state index contributed by atoms with van der Waals surface area (Å²) < 4.78 is 2.16. The second-order valence-corrected chi connectivity index (χ2v) is 12.4. The van der Waals surface area contributed by atoms with E-state index in [0.717, 1.165) is 30.8 Å². The third-order valence-electron chi connectivity index (χ3n) is 7.00. The van der Waals surface area contributed by atoms with Gasteiger partial charge in [0.25, 0.3) is 0 Å². The molecule has 40 heavy (non-hydrogen) atoms. The van der Waals surface area contributed by atoms with Crippen LogP contribution in [-0.4, -0.2) is 11.2 Å². The molecule has 0 unspecified atom stereocenters. The van der Waals surface area contributed by atoms with Crippen LogP contribution in [0.25, 0.3) is 31.8 Å². The van der Waals surface area contributed by atoms with Gasteiger partial charge in [0.15, 0.2) is 4.34 Å². The molecule has 0 aliphatic rings. The van der Waals surface area contributed by atoms with Gasteiger partial charge in [0.2, 0.25) is 0 Å². The molecule has 2 nitrogen and oxygen atoms in total. The molecule has 0 aliphatic heterocycles. The Balaban J connectivity index is 1.23. The number of aliphatic imine (C=N–C) groups is 1. The maximum Gasteiger partial charge on any atom is 0.152 e. The molecule has 6 aromatic carbocycles. The normalized spacial score (nSPS) is 12.5. The van der Waals surface area contributed by atoms with E-state index in [9.17, 15) is 0 Å². The molecule has 0 N–H and O–H groups in total. The van der Waals surface area contributed by atoms with Crippen LogP contribution in [-0.2, 0) is 0 Å². The Labute approximate surface area is 246 Å². The van der Waals surface area contributed by atoms with Crippen molar-refractivity contribution in [3.63, 3.8) is 0 Å². The van der Waals surface area contributed by atoms with Crippen molar-refractivity contribution in [2.75, 3.05) is 0 Å². The first kappa shape index (κ1) is 25.0. The minimum atomic E-state index is 0.121. The van der Waals surface area contributed by atoms with E-state index in [1.165, 1.54) is 32.7 Å². The lowest BCUT2D eigenvalue weighted by Gasteiger charge is -2.16. The molecule has 7 rings (SSSR count). The van der Waals surface area contributed by atoms with Crippen LogP contribution in [0.15, 0.2) is 137 Å². The predicted molar refractivity (Wildman–Crippen MR) is 174 cm³/mol. The Morgan fingerprint density at radius 2 is 1.35 bits per heavy atom. The molecule has 0 bridgehead atoms. The van der Waals surface area contributed by atoms with Gasteiger partial charge in [-0.2, -0.15) is 0 Å². The summed E-state index contributed by atoms with van der Waals surface area (Å²) in [6, 6.07) is 44.2. The number of aromatic nitrogens is 1. The van der Waals surface area contributed by atoms with E-state index in [4.69, 9.17) is 21.6 Å². The van der Waals surface area contributed by atoms with Crippen LogP contribution in [0.5, 0.6) is 0 Å². The van der Waals surface area contributed by atoms with Crippen molar-refractivity contribution in [1.82, 2.24) is 4.98 Å². The summed E-state index contributed by atoms with van der Waals surface area (Å²) in [5.74, 6) is 0. The van der Waals surface area contributed by atoms with Crippen LogP contribution in [0.1, 0.15) is 21.9 Å². The highest BCUT2D eigenvalue weighted by Gasteiger charge is 2.18. The van der Waals surface area contributed by atoms with Crippen molar-refractivity contribution >= 4 is 78.4 Å². The van der Waals surface area contributed by atoms with Crippen LogP contribution in [0.4, 0.5) is 5.69 Å². The van der Waals surface area contributed by atoms with Gasteiger partial charge in [-0.1, -0.05) is 114 Å². The molecular weight excluding hydrogens is 548 g/mol. The van der Waals surface area contributed by atoms with Crippen molar-refractivity contribution < 1.29 is 0 Å². The summed E-state index contributed by atoms with van der Waals surface area (Å²) in [6.07, 6.45) is 2.01. The van der Waals surface area contributed by atoms with Crippen LogP contribution < -0.4 is 0 Å². The Hall–Kier alpha value is -3.96. The first-order valence-corrected chi connectivity index (χ1v) is 15.1. The number of fused-ring (bicyclic) bond motifs is 3. The number of thioether (sulfide) groups is 1. The van der Waals surface area contributed by atoms with E-state index in [-0.39, 0.29) is 5.25 Å². The van der Waals surface area contributed by atoms with E-state index < -0.39 is 0 Å². The molecule has 7 aromatic rings. The first-order valence-electron chi connectivity index (χ1n) is 13.0. The Kier molecular flexibility index (Phi) is 6.82.